The Hall–Kier alpha value is -1.61. The highest BCUT2D eigenvalue weighted by molar-refractivity contribution is 8.00. The summed E-state index contributed by atoms with van der Waals surface area (Å²) in [6.45, 7) is 5.40. The first-order valence-electron chi connectivity index (χ1n) is 7.56. The Labute approximate surface area is 145 Å². The predicted molar refractivity (Wildman–Crippen MR) is 90.8 cm³/mol. The number of aliphatic carboxylic acids is 2. The van der Waals surface area contributed by atoms with Crippen LogP contribution in [0.3, 0.4) is 0 Å². The minimum absolute atomic E-state index is 0.00401. The van der Waals surface area contributed by atoms with Gasteiger partial charge in [0.2, 0.25) is 5.91 Å². The lowest BCUT2D eigenvalue weighted by Gasteiger charge is -2.22. The highest BCUT2D eigenvalue weighted by atomic mass is 32.2. The summed E-state index contributed by atoms with van der Waals surface area (Å²) in [6.07, 6.45) is -0.0960. The van der Waals surface area contributed by atoms with E-state index in [1.54, 1.807) is 0 Å². The van der Waals surface area contributed by atoms with Crippen molar-refractivity contribution in [3.05, 3.63) is 0 Å². The molecule has 0 aliphatic heterocycles. The average molecular weight is 362 g/mol. The maximum Gasteiger partial charge on any atom is 0.322 e. The summed E-state index contributed by atoms with van der Waals surface area (Å²) < 4.78 is -0.111. The van der Waals surface area contributed by atoms with Crippen LogP contribution in [0.2, 0.25) is 0 Å². The van der Waals surface area contributed by atoms with E-state index in [-0.39, 0.29) is 29.8 Å². The number of hydrogen-bond donors (Lipinski definition) is 4. The topological polar surface area (TPSA) is 147 Å². The lowest BCUT2D eigenvalue weighted by atomic mass is 9.99. The van der Waals surface area contributed by atoms with Gasteiger partial charge in [0.05, 0.1) is 5.92 Å². The van der Waals surface area contributed by atoms with Gasteiger partial charge in [0, 0.05) is 23.3 Å². The van der Waals surface area contributed by atoms with Crippen molar-refractivity contribution in [1.29, 1.82) is 0 Å². The Bertz CT molecular complexity index is 475. The van der Waals surface area contributed by atoms with Crippen molar-refractivity contribution in [2.45, 2.75) is 50.8 Å². The van der Waals surface area contributed by atoms with Crippen LogP contribution in [0.15, 0.2) is 0 Å². The summed E-state index contributed by atoms with van der Waals surface area (Å²) in [5.41, 5.74) is 5.35. The third kappa shape index (κ3) is 11.0. The van der Waals surface area contributed by atoms with Crippen LogP contribution < -0.4 is 11.1 Å². The number of rotatable bonds is 11. The molecule has 1 amide bonds. The molecule has 0 unspecified atom stereocenters. The molecule has 0 heterocycles. The zero-order valence-corrected chi connectivity index (χ0v) is 15.0. The van der Waals surface area contributed by atoms with Gasteiger partial charge in [-0.2, -0.15) is 11.8 Å². The van der Waals surface area contributed by atoms with Crippen LogP contribution in [-0.2, 0) is 19.2 Å². The Morgan fingerprint density at radius 1 is 1.17 bits per heavy atom. The highest BCUT2D eigenvalue weighted by Crippen LogP contribution is 2.27. The van der Waals surface area contributed by atoms with Gasteiger partial charge in [-0.05, 0) is 6.42 Å². The van der Waals surface area contributed by atoms with Crippen LogP contribution >= 0.6 is 11.8 Å². The predicted octanol–water partition coefficient (Wildman–Crippen LogP) is 0.486. The number of carboxylic acids is 2. The molecule has 0 aromatic rings. The molecule has 0 aromatic carbocycles. The first-order valence-corrected chi connectivity index (χ1v) is 8.54. The second-order valence-corrected chi connectivity index (χ2v) is 8.30. The fourth-order valence-electron chi connectivity index (χ4n) is 1.70. The van der Waals surface area contributed by atoms with Gasteiger partial charge in [0.15, 0.2) is 0 Å². The zero-order chi connectivity index (χ0) is 18.9. The van der Waals surface area contributed by atoms with E-state index < -0.39 is 36.4 Å². The molecule has 0 radical (unpaired) electrons. The lowest BCUT2D eigenvalue weighted by molar-refractivity contribution is -0.139. The summed E-state index contributed by atoms with van der Waals surface area (Å²) in [6, 6.07) is -1.11. The number of ketones is 1. The van der Waals surface area contributed by atoms with Gasteiger partial charge in [-0.25, -0.2) is 0 Å². The minimum Gasteiger partial charge on any atom is -0.480 e. The number of amides is 1. The monoisotopic (exact) mass is 362 g/mol. The molecular weight excluding hydrogens is 336 g/mol. The largest absolute Gasteiger partial charge is 0.480 e. The molecule has 8 nitrogen and oxygen atoms in total. The van der Waals surface area contributed by atoms with Gasteiger partial charge in [0.25, 0.3) is 0 Å². The van der Waals surface area contributed by atoms with Crippen molar-refractivity contribution in [3.8, 4) is 0 Å². The van der Waals surface area contributed by atoms with Crippen molar-refractivity contribution in [2.24, 2.45) is 11.7 Å². The first kappa shape index (κ1) is 22.4. The molecule has 0 aliphatic rings. The average Bonchev–Trinajstić information content (AvgIpc) is 2.45. The molecule has 0 bridgehead atoms. The SMILES string of the molecule is CC(C)(C)SC[C@H](CC(=O)CC[C@H](N)C(=O)O)C(=O)NCC(=O)O. The third-order valence-corrected chi connectivity index (χ3v) is 4.46. The number of carbonyl (C=O) groups is 4. The number of nitrogens with two attached hydrogens (primary N) is 1. The van der Waals surface area contributed by atoms with E-state index in [1.807, 2.05) is 20.8 Å². The number of carbonyl (C=O) groups excluding carboxylic acids is 2. The van der Waals surface area contributed by atoms with Crippen molar-refractivity contribution in [2.75, 3.05) is 12.3 Å². The molecule has 5 N–H and O–H groups in total. The number of carboxylic acid groups (broad SMARTS) is 2. The Morgan fingerprint density at radius 3 is 2.21 bits per heavy atom. The Morgan fingerprint density at radius 2 is 1.75 bits per heavy atom. The van der Waals surface area contributed by atoms with E-state index in [1.165, 1.54) is 11.8 Å². The van der Waals surface area contributed by atoms with Gasteiger partial charge in [-0.15, -0.1) is 0 Å². The Balaban J connectivity index is 4.67. The first-order chi connectivity index (χ1) is 10.9. The van der Waals surface area contributed by atoms with Crippen LogP contribution in [0.5, 0.6) is 0 Å². The summed E-state index contributed by atoms with van der Waals surface area (Å²) >= 11 is 1.50. The van der Waals surface area contributed by atoms with Crippen LogP contribution in [0.25, 0.3) is 0 Å². The van der Waals surface area contributed by atoms with Gasteiger partial charge in [-0.1, -0.05) is 20.8 Å². The molecular formula is C15H26N2O6S. The van der Waals surface area contributed by atoms with Crippen molar-refractivity contribution < 1.29 is 29.4 Å². The summed E-state index contributed by atoms with van der Waals surface area (Å²) in [5.74, 6) is -3.40. The molecule has 138 valence electrons. The van der Waals surface area contributed by atoms with E-state index in [0.717, 1.165) is 0 Å². The van der Waals surface area contributed by atoms with E-state index in [4.69, 9.17) is 15.9 Å². The van der Waals surface area contributed by atoms with Gasteiger partial charge in [-0.3, -0.25) is 19.2 Å². The molecule has 0 aromatic heterocycles. The summed E-state index contributed by atoms with van der Waals surface area (Å²) in [7, 11) is 0. The molecule has 9 heteroatoms. The van der Waals surface area contributed by atoms with Crippen LogP contribution in [0, 0.1) is 5.92 Å². The van der Waals surface area contributed by atoms with Crippen molar-refractivity contribution in [3.63, 3.8) is 0 Å². The van der Waals surface area contributed by atoms with E-state index in [0.29, 0.717) is 5.75 Å². The van der Waals surface area contributed by atoms with Crippen LogP contribution in [-0.4, -0.2) is 56.9 Å². The number of hydrogen-bond acceptors (Lipinski definition) is 6. The normalized spacial score (nSPS) is 13.8. The molecule has 2 atom stereocenters. The number of nitrogens with one attached hydrogen (secondary N) is 1. The maximum atomic E-state index is 12.1. The molecule has 0 aliphatic carbocycles. The van der Waals surface area contributed by atoms with Crippen LogP contribution in [0.1, 0.15) is 40.0 Å². The van der Waals surface area contributed by atoms with E-state index >= 15 is 0 Å². The second kappa shape index (κ2) is 10.3. The smallest absolute Gasteiger partial charge is 0.322 e. The molecule has 0 rings (SSSR count). The van der Waals surface area contributed by atoms with Crippen molar-refractivity contribution in [1.82, 2.24) is 5.32 Å². The highest BCUT2D eigenvalue weighted by Gasteiger charge is 2.25. The third-order valence-electron chi connectivity index (χ3n) is 3.03. The van der Waals surface area contributed by atoms with Gasteiger partial charge in [0.1, 0.15) is 18.4 Å². The number of Topliss-reactive ketones (excluding diaryl/α,β-unsaturated/α-hetero) is 1. The van der Waals surface area contributed by atoms with Crippen molar-refractivity contribution >= 4 is 35.4 Å². The molecule has 0 saturated heterocycles. The number of thioether (sulfide) groups is 1. The zero-order valence-electron chi connectivity index (χ0n) is 14.2. The minimum atomic E-state index is -1.18. The molecule has 0 fully saturated rings. The fourth-order valence-corrected chi connectivity index (χ4v) is 2.67. The van der Waals surface area contributed by atoms with E-state index in [9.17, 15) is 19.2 Å². The summed E-state index contributed by atoms with van der Waals surface area (Å²) in [5, 5.41) is 19.6. The molecule has 24 heavy (non-hydrogen) atoms. The quantitative estimate of drug-likeness (QED) is 0.415. The Kier molecular flexibility index (Phi) is 9.60. The standard InChI is InChI=1S/C15H26N2O6S/c1-15(2,3)24-8-9(13(21)17-7-12(19)20)6-10(18)4-5-11(16)14(22)23/h9,11H,4-8,16H2,1-3H3,(H,17,21)(H,19,20)(H,22,23)/t9-,11-/m0/s1. The fraction of sp³-hybridized carbons (Fsp3) is 0.733. The van der Waals surface area contributed by atoms with Gasteiger partial charge < -0.3 is 21.3 Å². The maximum absolute atomic E-state index is 12.1. The second-order valence-electron chi connectivity index (χ2n) is 6.46. The molecule has 0 spiro atoms. The summed E-state index contributed by atoms with van der Waals surface area (Å²) in [4.78, 5) is 45.3. The van der Waals surface area contributed by atoms with Gasteiger partial charge >= 0.3 is 11.9 Å². The molecule has 0 saturated carbocycles. The van der Waals surface area contributed by atoms with Crippen LogP contribution in [0.4, 0.5) is 0 Å². The van der Waals surface area contributed by atoms with E-state index in [2.05, 4.69) is 5.32 Å². The lowest BCUT2D eigenvalue weighted by Crippen LogP contribution is -2.37.